The molecule has 0 saturated heterocycles. The van der Waals surface area contributed by atoms with E-state index >= 15 is 0 Å². The lowest BCUT2D eigenvalue weighted by atomic mass is 10.2. The quantitative estimate of drug-likeness (QED) is 0.793. The molecule has 0 aliphatic rings. The number of thioether (sulfide) groups is 1. The van der Waals surface area contributed by atoms with E-state index in [0.717, 1.165) is 23.8 Å². The molecule has 0 amide bonds. The van der Waals surface area contributed by atoms with Crippen molar-refractivity contribution in [2.24, 2.45) is 0 Å². The van der Waals surface area contributed by atoms with Crippen LogP contribution < -0.4 is 14.8 Å². The Labute approximate surface area is 123 Å². The molecule has 0 radical (unpaired) electrons. The fourth-order valence-corrected chi connectivity index (χ4v) is 2.58. The monoisotopic (exact) mass is 293 g/mol. The molecule has 0 aliphatic carbocycles. The van der Waals surface area contributed by atoms with E-state index in [2.05, 4.69) is 11.6 Å². The maximum atomic E-state index is 5.35. The first kappa shape index (κ1) is 14.8. The summed E-state index contributed by atoms with van der Waals surface area (Å²) in [6, 6.07) is 7.87. The minimum Gasteiger partial charge on any atom is -0.493 e. The first-order valence-electron chi connectivity index (χ1n) is 6.30. The third-order valence-electron chi connectivity index (χ3n) is 2.98. The normalized spacial score (nSPS) is 10.6. The lowest BCUT2D eigenvalue weighted by molar-refractivity contribution is 0.353. The van der Waals surface area contributed by atoms with Gasteiger partial charge in [-0.3, -0.25) is 0 Å². The second-order valence-corrected chi connectivity index (χ2v) is 5.05. The molecule has 2 rings (SSSR count). The Morgan fingerprint density at radius 3 is 2.50 bits per heavy atom. The molecule has 0 fully saturated rings. The largest absolute Gasteiger partial charge is 0.493 e. The summed E-state index contributed by atoms with van der Waals surface area (Å²) in [7, 11) is 3.30. The van der Waals surface area contributed by atoms with Crippen LogP contribution in [-0.2, 0) is 13.1 Å². The molecule has 4 nitrogen and oxygen atoms in total. The molecular formula is C15H19NO3S. The predicted octanol–water partition coefficient (Wildman–Crippen LogP) is 3.31. The van der Waals surface area contributed by atoms with Crippen molar-refractivity contribution in [3.05, 3.63) is 41.9 Å². The van der Waals surface area contributed by atoms with Crippen LogP contribution in [0.1, 0.15) is 11.3 Å². The number of rotatable bonds is 7. The van der Waals surface area contributed by atoms with E-state index in [0.29, 0.717) is 6.54 Å². The highest BCUT2D eigenvalue weighted by Crippen LogP contribution is 2.34. The smallest absolute Gasteiger partial charge is 0.161 e. The average Bonchev–Trinajstić information content (AvgIpc) is 2.99. The summed E-state index contributed by atoms with van der Waals surface area (Å²) in [6.45, 7) is 1.45. The first-order valence-corrected chi connectivity index (χ1v) is 7.53. The molecule has 0 spiro atoms. The van der Waals surface area contributed by atoms with Gasteiger partial charge < -0.3 is 19.2 Å². The molecule has 0 aliphatic heterocycles. The van der Waals surface area contributed by atoms with Crippen LogP contribution in [0.25, 0.3) is 0 Å². The summed E-state index contributed by atoms with van der Waals surface area (Å²) in [5.74, 6) is 2.43. The fraction of sp³-hybridized carbons (Fsp3) is 0.333. The molecule has 1 N–H and O–H groups in total. The highest BCUT2D eigenvalue weighted by molar-refractivity contribution is 7.98. The van der Waals surface area contributed by atoms with Crippen molar-refractivity contribution in [1.82, 2.24) is 5.32 Å². The Balaban J connectivity index is 2.09. The van der Waals surface area contributed by atoms with Crippen LogP contribution in [0.15, 0.2) is 39.8 Å². The van der Waals surface area contributed by atoms with Crippen LogP contribution in [0.3, 0.4) is 0 Å². The van der Waals surface area contributed by atoms with E-state index in [4.69, 9.17) is 13.9 Å². The maximum absolute atomic E-state index is 5.35. The Hall–Kier alpha value is -1.59. The van der Waals surface area contributed by atoms with Crippen LogP contribution in [0.5, 0.6) is 11.5 Å². The molecule has 5 heteroatoms. The molecular weight excluding hydrogens is 274 g/mol. The van der Waals surface area contributed by atoms with Crippen LogP contribution in [0.2, 0.25) is 0 Å². The van der Waals surface area contributed by atoms with Crippen LogP contribution >= 0.6 is 11.8 Å². The Bertz CT molecular complexity index is 540. The number of hydrogen-bond donors (Lipinski definition) is 1. The minimum atomic E-state index is 0.704. The van der Waals surface area contributed by atoms with Gasteiger partial charge in [-0.15, -0.1) is 11.8 Å². The van der Waals surface area contributed by atoms with Crippen molar-refractivity contribution >= 4 is 11.8 Å². The topological polar surface area (TPSA) is 43.6 Å². The van der Waals surface area contributed by atoms with Gasteiger partial charge in [-0.2, -0.15) is 0 Å². The summed E-state index contributed by atoms with van der Waals surface area (Å²) >= 11 is 1.69. The molecule has 1 aromatic heterocycles. The molecule has 108 valence electrons. The van der Waals surface area contributed by atoms with E-state index in [1.165, 1.54) is 10.5 Å². The molecule has 1 heterocycles. The van der Waals surface area contributed by atoms with E-state index in [1.807, 2.05) is 24.3 Å². The molecule has 2 aromatic rings. The van der Waals surface area contributed by atoms with Crippen molar-refractivity contribution in [3.8, 4) is 11.5 Å². The van der Waals surface area contributed by atoms with Crippen molar-refractivity contribution < 1.29 is 13.9 Å². The van der Waals surface area contributed by atoms with Crippen LogP contribution in [0, 0.1) is 0 Å². The standard InChI is InChI=1S/C15H19NO3S/c1-17-13-7-11(15(20-3)8-14(13)18-2)9-16-10-12-5-4-6-19-12/h4-8,16H,9-10H2,1-3H3. The fourth-order valence-electron chi connectivity index (χ4n) is 1.96. The van der Waals surface area contributed by atoms with E-state index in [9.17, 15) is 0 Å². The van der Waals surface area contributed by atoms with E-state index in [1.54, 1.807) is 32.2 Å². The number of ether oxygens (including phenoxy) is 2. The molecule has 0 unspecified atom stereocenters. The Morgan fingerprint density at radius 1 is 1.15 bits per heavy atom. The van der Waals surface area contributed by atoms with Crippen molar-refractivity contribution in [2.75, 3.05) is 20.5 Å². The summed E-state index contributed by atoms with van der Waals surface area (Å²) in [6.07, 6.45) is 3.73. The molecule has 20 heavy (non-hydrogen) atoms. The zero-order chi connectivity index (χ0) is 14.4. The number of benzene rings is 1. The van der Waals surface area contributed by atoms with Gasteiger partial charge in [0.2, 0.25) is 0 Å². The van der Waals surface area contributed by atoms with Gasteiger partial charge in [-0.25, -0.2) is 0 Å². The summed E-state index contributed by atoms with van der Waals surface area (Å²) in [5, 5.41) is 3.36. The van der Waals surface area contributed by atoms with Gasteiger partial charge in [0.05, 0.1) is 27.0 Å². The van der Waals surface area contributed by atoms with Gasteiger partial charge in [-0.1, -0.05) is 0 Å². The lowest BCUT2D eigenvalue weighted by Crippen LogP contribution is -2.13. The van der Waals surface area contributed by atoms with E-state index < -0.39 is 0 Å². The highest BCUT2D eigenvalue weighted by atomic mass is 32.2. The molecule has 1 aromatic carbocycles. The van der Waals surface area contributed by atoms with Crippen molar-refractivity contribution in [2.45, 2.75) is 18.0 Å². The van der Waals surface area contributed by atoms with Gasteiger partial charge in [0.1, 0.15) is 5.76 Å². The zero-order valence-corrected chi connectivity index (χ0v) is 12.8. The minimum absolute atomic E-state index is 0.704. The third kappa shape index (κ3) is 3.49. The Morgan fingerprint density at radius 2 is 1.90 bits per heavy atom. The number of nitrogens with one attached hydrogen (secondary N) is 1. The van der Waals surface area contributed by atoms with Crippen molar-refractivity contribution in [1.29, 1.82) is 0 Å². The summed E-state index contributed by atoms with van der Waals surface area (Å²) < 4.78 is 16.0. The van der Waals surface area contributed by atoms with Crippen LogP contribution in [-0.4, -0.2) is 20.5 Å². The van der Waals surface area contributed by atoms with Gasteiger partial charge in [-0.05, 0) is 36.1 Å². The second-order valence-electron chi connectivity index (χ2n) is 4.20. The number of methoxy groups -OCH3 is 2. The SMILES string of the molecule is COc1cc(CNCc2ccco2)c(SC)cc1OC. The predicted molar refractivity (Wildman–Crippen MR) is 80.6 cm³/mol. The van der Waals surface area contributed by atoms with Gasteiger partial charge in [0.15, 0.2) is 11.5 Å². The summed E-state index contributed by atoms with van der Waals surface area (Å²) in [5.41, 5.74) is 1.18. The number of hydrogen-bond acceptors (Lipinski definition) is 5. The van der Waals surface area contributed by atoms with Crippen LogP contribution in [0.4, 0.5) is 0 Å². The lowest BCUT2D eigenvalue weighted by Gasteiger charge is -2.14. The number of furan rings is 1. The highest BCUT2D eigenvalue weighted by Gasteiger charge is 2.10. The van der Waals surface area contributed by atoms with Gasteiger partial charge >= 0.3 is 0 Å². The van der Waals surface area contributed by atoms with Gasteiger partial charge in [0.25, 0.3) is 0 Å². The van der Waals surface area contributed by atoms with Gasteiger partial charge in [0, 0.05) is 11.4 Å². The second kappa shape index (κ2) is 7.26. The molecule has 0 atom stereocenters. The zero-order valence-electron chi connectivity index (χ0n) is 11.9. The Kier molecular flexibility index (Phi) is 5.38. The summed E-state index contributed by atoms with van der Waals surface area (Å²) in [4.78, 5) is 1.18. The van der Waals surface area contributed by atoms with Crippen molar-refractivity contribution in [3.63, 3.8) is 0 Å². The van der Waals surface area contributed by atoms with E-state index in [-0.39, 0.29) is 0 Å². The third-order valence-corrected chi connectivity index (χ3v) is 3.80. The maximum Gasteiger partial charge on any atom is 0.161 e. The first-order chi connectivity index (χ1) is 9.78. The molecule has 0 bridgehead atoms. The average molecular weight is 293 g/mol. The molecule has 0 saturated carbocycles.